The summed E-state index contributed by atoms with van der Waals surface area (Å²) in [7, 11) is 0. The highest BCUT2D eigenvalue weighted by molar-refractivity contribution is 5.92. The first-order valence-corrected chi connectivity index (χ1v) is 6.47. The number of carbonyl (C=O) groups is 1. The van der Waals surface area contributed by atoms with Crippen LogP contribution in [-0.4, -0.2) is 35.2 Å². The van der Waals surface area contributed by atoms with E-state index in [1.54, 1.807) is 6.07 Å². The summed E-state index contributed by atoms with van der Waals surface area (Å²) in [6.07, 6.45) is 2.44. The molecule has 0 aromatic carbocycles. The largest absolute Gasteiger partial charge is 0.396 e. The summed E-state index contributed by atoms with van der Waals surface area (Å²) in [6.45, 7) is 0.240. The van der Waals surface area contributed by atoms with Crippen LogP contribution in [0.1, 0.15) is 36.2 Å². The molecule has 19 heavy (non-hydrogen) atoms. The highest BCUT2D eigenvalue weighted by Crippen LogP contribution is 2.06. The Morgan fingerprint density at radius 3 is 2.74 bits per heavy atom. The number of nitrogens with zero attached hydrogens (tertiary/aromatic N) is 1. The van der Waals surface area contributed by atoms with Crippen molar-refractivity contribution in [2.24, 2.45) is 0 Å². The van der Waals surface area contributed by atoms with Crippen LogP contribution >= 0.6 is 0 Å². The van der Waals surface area contributed by atoms with Crippen molar-refractivity contribution in [3.8, 4) is 0 Å². The van der Waals surface area contributed by atoms with Gasteiger partial charge in [0, 0.05) is 19.3 Å². The molecule has 1 heterocycles. The number of carbonyl (C=O) groups excluding carboxylic acids is 1. The van der Waals surface area contributed by atoms with E-state index in [-0.39, 0.29) is 18.2 Å². The van der Waals surface area contributed by atoms with E-state index in [0.717, 1.165) is 25.7 Å². The van der Waals surface area contributed by atoms with E-state index < -0.39 is 13.0 Å². The third kappa shape index (κ3) is 5.83. The smallest absolute Gasteiger partial charge is 0.267 e. The number of amides is 1. The van der Waals surface area contributed by atoms with Crippen molar-refractivity contribution in [3.05, 3.63) is 24.0 Å². The first-order valence-electron chi connectivity index (χ1n) is 6.47. The van der Waals surface area contributed by atoms with E-state index >= 15 is 0 Å². The van der Waals surface area contributed by atoms with Gasteiger partial charge in [-0.1, -0.05) is 12.8 Å². The first kappa shape index (κ1) is 15.6. The molecule has 0 spiro atoms. The lowest BCUT2D eigenvalue weighted by Crippen LogP contribution is -2.27. The summed E-state index contributed by atoms with van der Waals surface area (Å²) < 4.78 is 25.8. The zero-order valence-corrected chi connectivity index (χ0v) is 10.8. The average Bonchev–Trinajstić information content (AvgIpc) is 2.80. The van der Waals surface area contributed by atoms with Gasteiger partial charge in [0.05, 0.1) is 6.54 Å². The zero-order chi connectivity index (χ0) is 14.1. The van der Waals surface area contributed by atoms with Crippen molar-refractivity contribution in [1.29, 1.82) is 0 Å². The van der Waals surface area contributed by atoms with E-state index in [0.29, 0.717) is 6.54 Å². The molecule has 0 aliphatic carbocycles. The average molecular weight is 274 g/mol. The van der Waals surface area contributed by atoms with Gasteiger partial charge in [0.25, 0.3) is 12.3 Å². The maximum atomic E-state index is 12.3. The van der Waals surface area contributed by atoms with Crippen molar-refractivity contribution in [2.75, 3.05) is 13.2 Å². The van der Waals surface area contributed by atoms with Crippen LogP contribution < -0.4 is 5.32 Å². The Morgan fingerprint density at radius 2 is 2.05 bits per heavy atom. The second kappa shape index (κ2) is 8.63. The Morgan fingerprint density at radius 1 is 1.32 bits per heavy atom. The molecule has 0 saturated carbocycles. The molecule has 108 valence electrons. The van der Waals surface area contributed by atoms with Gasteiger partial charge in [-0.15, -0.1) is 0 Å². The van der Waals surface area contributed by atoms with E-state index in [4.69, 9.17) is 5.11 Å². The van der Waals surface area contributed by atoms with Crippen LogP contribution in [0, 0.1) is 0 Å². The Bertz CT molecular complexity index is 380. The lowest BCUT2D eigenvalue weighted by atomic mass is 10.2. The molecule has 1 aromatic heterocycles. The standard InChI is InChI=1S/C13H20F2N2O2/c14-12(15)10-17-8-5-6-11(17)13(19)16-7-3-1-2-4-9-18/h5-6,8,12,18H,1-4,7,9-10H2,(H,16,19). The van der Waals surface area contributed by atoms with Crippen molar-refractivity contribution >= 4 is 5.91 Å². The molecule has 0 aliphatic rings. The van der Waals surface area contributed by atoms with Crippen LogP contribution in [0.2, 0.25) is 0 Å². The number of rotatable bonds is 9. The topological polar surface area (TPSA) is 54.3 Å². The Kier molecular flexibility index (Phi) is 7.10. The molecule has 4 nitrogen and oxygen atoms in total. The molecule has 1 rings (SSSR count). The second-order valence-corrected chi connectivity index (χ2v) is 4.33. The van der Waals surface area contributed by atoms with Gasteiger partial charge < -0.3 is 15.0 Å². The molecule has 0 atom stereocenters. The minimum Gasteiger partial charge on any atom is -0.396 e. The normalized spacial score (nSPS) is 10.9. The Balaban J connectivity index is 2.31. The molecule has 2 N–H and O–H groups in total. The molecular formula is C13H20F2N2O2. The maximum Gasteiger partial charge on any atom is 0.267 e. The first-order chi connectivity index (χ1) is 9.15. The highest BCUT2D eigenvalue weighted by Gasteiger charge is 2.13. The third-order valence-electron chi connectivity index (χ3n) is 2.77. The van der Waals surface area contributed by atoms with Gasteiger partial charge >= 0.3 is 0 Å². The lowest BCUT2D eigenvalue weighted by molar-refractivity contribution is 0.0930. The van der Waals surface area contributed by atoms with E-state index in [1.165, 1.54) is 16.8 Å². The summed E-state index contributed by atoms with van der Waals surface area (Å²) in [5, 5.41) is 11.3. The van der Waals surface area contributed by atoms with Crippen LogP contribution in [0.15, 0.2) is 18.3 Å². The van der Waals surface area contributed by atoms with Crippen LogP contribution in [0.3, 0.4) is 0 Å². The van der Waals surface area contributed by atoms with Gasteiger partial charge in [-0.05, 0) is 25.0 Å². The number of halogens is 2. The minimum absolute atomic E-state index is 0.188. The zero-order valence-electron chi connectivity index (χ0n) is 10.8. The summed E-state index contributed by atoms with van der Waals surface area (Å²) in [5.41, 5.74) is 0.260. The predicted octanol–water partition coefficient (Wildman–Crippen LogP) is 2.04. The number of aliphatic hydroxyl groups is 1. The van der Waals surface area contributed by atoms with Crippen molar-refractivity contribution < 1.29 is 18.7 Å². The molecule has 0 radical (unpaired) electrons. The molecule has 1 aromatic rings. The quantitative estimate of drug-likeness (QED) is 0.677. The molecule has 1 amide bonds. The fraction of sp³-hybridized carbons (Fsp3) is 0.615. The summed E-state index contributed by atoms with van der Waals surface area (Å²) >= 11 is 0. The Hall–Kier alpha value is -1.43. The number of aromatic nitrogens is 1. The Labute approximate surface area is 111 Å². The molecular weight excluding hydrogens is 254 g/mol. The third-order valence-corrected chi connectivity index (χ3v) is 2.77. The SMILES string of the molecule is O=C(NCCCCCCO)c1cccn1CC(F)F. The number of hydrogen-bond donors (Lipinski definition) is 2. The maximum absolute atomic E-state index is 12.3. The molecule has 0 bridgehead atoms. The molecule has 0 fully saturated rings. The van der Waals surface area contributed by atoms with Gasteiger partial charge in [-0.2, -0.15) is 0 Å². The molecule has 0 aliphatic heterocycles. The van der Waals surface area contributed by atoms with E-state index in [1.807, 2.05) is 0 Å². The second-order valence-electron chi connectivity index (χ2n) is 4.33. The predicted molar refractivity (Wildman–Crippen MR) is 68.3 cm³/mol. The van der Waals surface area contributed by atoms with Crippen LogP contribution in [-0.2, 0) is 6.54 Å². The summed E-state index contributed by atoms with van der Waals surface area (Å²) in [5.74, 6) is -0.326. The van der Waals surface area contributed by atoms with E-state index in [9.17, 15) is 13.6 Å². The van der Waals surface area contributed by atoms with Crippen LogP contribution in [0.5, 0.6) is 0 Å². The fourth-order valence-electron chi connectivity index (χ4n) is 1.81. The van der Waals surface area contributed by atoms with E-state index in [2.05, 4.69) is 5.32 Å². The van der Waals surface area contributed by atoms with Crippen molar-refractivity contribution in [1.82, 2.24) is 9.88 Å². The minimum atomic E-state index is -2.47. The number of alkyl halides is 2. The fourth-order valence-corrected chi connectivity index (χ4v) is 1.81. The highest BCUT2D eigenvalue weighted by atomic mass is 19.3. The number of hydrogen-bond acceptors (Lipinski definition) is 2. The number of aliphatic hydroxyl groups excluding tert-OH is 1. The van der Waals surface area contributed by atoms with Gasteiger partial charge in [0.15, 0.2) is 0 Å². The number of unbranched alkanes of at least 4 members (excludes halogenated alkanes) is 3. The van der Waals surface area contributed by atoms with Gasteiger partial charge in [-0.25, -0.2) is 8.78 Å². The summed E-state index contributed by atoms with van der Waals surface area (Å²) in [4.78, 5) is 11.8. The van der Waals surface area contributed by atoms with Crippen molar-refractivity contribution in [3.63, 3.8) is 0 Å². The van der Waals surface area contributed by atoms with Gasteiger partial charge in [-0.3, -0.25) is 4.79 Å². The van der Waals surface area contributed by atoms with Crippen molar-refractivity contribution in [2.45, 2.75) is 38.7 Å². The molecule has 0 saturated heterocycles. The molecule has 6 heteroatoms. The lowest BCUT2D eigenvalue weighted by Gasteiger charge is -2.09. The van der Waals surface area contributed by atoms with Gasteiger partial charge in [0.1, 0.15) is 5.69 Å². The summed E-state index contributed by atoms with van der Waals surface area (Å²) in [6, 6.07) is 3.11. The monoisotopic (exact) mass is 274 g/mol. The number of nitrogens with one attached hydrogen (secondary N) is 1. The van der Waals surface area contributed by atoms with Crippen LogP contribution in [0.25, 0.3) is 0 Å². The van der Waals surface area contributed by atoms with Crippen LogP contribution in [0.4, 0.5) is 8.78 Å². The molecule has 0 unspecified atom stereocenters. The van der Waals surface area contributed by atoms with Gasteiger partial charge in [0.2, 0.25) is 0 Å².